The maximum atomic E-state index is 12.2. The summed E-state index contributed by atoms with van der Waals surface area (Å²) in [7, 11) is 0. The van der Waals surface area contributed by atoms with Gasteiger partial charge in [-0.1, -0.05) is 154 Å². The average molecular weight is 1020 g/mol. The van der Waals surface area contributed by atoms with Crippen molar-refractivity contribution in [3.05, 3.63) is 24.3 Å². The van der Waals surface area contributed by atoms with E-state index in [1.807, 2.05) is 0 Å². The van der Waals surface area contributed by atoms with E-state index in [0.29, 0.717) is 71.8 Å². The minimum Gasteiger partial charge on any atom is -0.394 e. The number of rotatable bonds is 54. The van der Waals surface area contributed by atoms with Crippen LogP contribution in [0.5, 0.6) is 0 Å². The van der Waals surface area contributed by atoms with Crippen molar-refractivity contribution < 1.29 is 58.4 Å². The number of carbonyl (C=O) groups is 1. The molecular weight excluding hydrogens is 911 g/mol. The first-order valence-electron chi connectivity index (χ1n) is 28.4. The van der Waals surface area contributed by atoms with E-state index in [-0.39, 0.29) is 18.4 Å². The zero-order chi connectivity index (χ0) is 50.6. The fourth-order valence-electron chi connectivity index (χ4n) is 8.11. The monoisotopic (exact) mass is 1020 g/mol. The third-order valence-electron chi connectivity index (χ3n) is 12.6. The normalized spacial score (nSPS) is 19.0. The van der Waals surface area contributed by atoms with Crippen LogP contribution in [-0.2, 0) is 38.0 Å². The third-order valence-corrected chi connectivity index (χ3v) is 13.7. The van der Waals surface area contributed by atoms with Crippen LogP contribution in [0.25, 0.3) is 0 Å². The highest BCUT2D eigenvalue weighted by atomic mass is 32.2. The Hall–Kier alpha value is -1.14. The molecule has 5 N–H and O–H groups in total. The van der Waals surface area contributed by atoms with Gasteiger partial charge in [-0.15, -0.1) is 11.8 Å². The van der Waals surface area contributed by atoms with Crippen molar-refractivity contribution in [2.45, 2.75) is 236 Å². The Balaban J connectivity index is 2.14. The number of aliphatic hydroxyl groups excluding tert-OH is 4. The molecule has 13 nitrogen and oxygen atoms in total. The van der Waals surface area contributed by atoms with Crippen molar-refractivity contribution in [3.8, 4) is 0 Å². The first kappa shape index (κ1) is 66.9. The number of ether oxygens (including phenoxy) is 7. The van der Waals surface area contributed by atoms with E-state index in [2.05, 4.69) is 43.5 Å². The van der Waals surface area contributed by atoms with Gasteiger partial charge in [0.05, 0.1) is 66.1 Å². The first-order chi connectivity index (χ1) is 34.4. The molecule has 1 saturated heterocycles. The van der Waals surface area contributed by atoms with Gasteiger partial charge in [-0.25, -0.2) is 0 Å². The summed E-state index contributed by atoms with van der Waals surface area (Å²) in [6.07, 6.45) is 40.8. The molecule has 0 spiro atoms. The van der Waals surface area contributed by atoms with Crippen molar-refractivity contribution in [2.75, 3.05) is 91.6 Å². The van der Waals surface area contributed by atoms with Gasteiger partial charge >= 0.3 is 0 Å². The minimum atomic E-state index is -1.43. The standard InChI is InChI=1S/C56H107NO12S/c1-3-5-7-9-11-13-15-17-19-21-23-25-27-29-31-33-37-66-48-50(68-38-34-32-30-28-26-24-22-20-18-16-14-12-10-8-6-4-2)49-67-45-44-65-43-42-64-41-40-63-39-36-57-52(59)35-46-70-56-55(62)54(61)53(60)51(47-58)69-56/h17-20,50-51,53-56,58,60-62H,3-16,21-49H2,1-2H3,(H,57,59). The molecule has 1 heterocycles. The van der Waals surface area contributed by atoms with E-state index in [0.717, 1.165) is 37.8 Å². The van der Waals surface area contributed by atoms with Gasteiger partial charge in [0.15, 0.2) is 0 Å². The lowest BCUT2D eigenvalue weighted by atomic mass is 10.0. The van der Waals surface area contributed by atoms with Crippen molar-refractivity contribution in [2.24, 2.45) is 0 Å². The minimum absolute atomic E-state index is 0.0852. The maximum Gasteiger partial charge on any atom is 0.220 e. The van der Waals surface area contributed by atoms with E-state index in [1.165, 1.54) is 167 Å². The largest absolute Gasteiger partial charge is 0.394 e. The number of nitrogens with one attached hydrogen (secondary N) is 1. The lowest BCUT2D eigenvalue weighted by Crippen LogP contribution is -2.57. The summed E-state index contributed by atoms with van der Waals surface area (Å²) in [4.78, 5) is 12.2. The van der Waals surface area contributed by atoms with E-state index in [9.17, 15) is 25.2 Å². The summed E-state index contributed by atoms with van der Waals surface area (Å²) >= 11 is 1.15. The summed E-state index contributed by atoms with van der Waals surface area (Å²) < 4.78 is 40.6. The van der Waals surface area contributed by atoms with Gasteiger partial charge in [0.2, 0.25) is 5.91 Å². The summed E-state index contributed by atoms with van der Waals surface area (Å²) in [5.41, 5.74) is -0.849. The molecule has 0 aromatic carbocycles. The van der Waals surface area contributed by atoms with Crippen LogP contribution in [0.1, 0.15) is 200 Å². The predicted molar refractivity (Wildman–Crippen MR) is 287 cm³/mol. The summed E-state index contributed by atoms with van der Waals surface area (Å²) in [6.45, 7) is 9.94. The molecule has 0 aromatic rings. The highest BCUT2D eigenvalue weighted by molar-refractivity contribution is 7.99. The number of carbonyl (C=O) groups excluding carboxylic acids is 1. The molecule has 0 aromatic heterocycles. The number of unbranched alkanes of at least 4 members (excludes halogenated alkanes) is 24. The van der Waals surface area contributed by atoms with Crippen LogP contribution in [0.4, 0.5) is 0 Å². The second kappa shape index (κ2) is 52.7. The zero-order valence-corrected chi connectivity index (χ0v) is 45.5. The van der Waals surface area contributed by atoms with Crippen molar-refractivity contribution in [3.63, 3.8) is 0 Å². The molecule has 14 heteroatoms. The number of hydrogen-bond acceptors (Lipinski definition) is 13. The van der Waals surface area contributed by atoms with Crippen LogP contribution < -0.4 is 5.32 Å². The highest BCUT2D eigenvalue weighted by Gasteiger charge is 2.43. The van der Waals surface area contributed by atoms with Crippen LogP contribution in [0.15, 0.2) is 24.3 Å². The molecule has 1 fully saturated rings. The topological polar surface area (TPSA) is 175 Å². The Morgan fingerprint density at radius 1 is 0.514 bits per heavy atom. The maximum absolute atomic E-state index is 12.2. The fourth-order valence-corrected chi connectivity index (χ4v) is 9.22. The molecule has 1 rings (SSSR count). The quantitative estimate of drug-likeness (QED) is 0.0288. The van der Waals surface area contributed by atoms with E-state index in [4.69, 9.17) is 33.2 Å². The molecular formula is C56H107NO12S. The van der Waals surface area contributed by atoms with Crippen molar-refractivity contribution in [1.29, 1.82) is 0 Å². The Morgan fingerprint density at radius 2 is 0.929 bits per heavy atom. The molecule has 0 bridgehead atoms. The Bertz CT molecular complexity index is 1150. The first-order valence-corrected chi connectivity index (χ1v) is 29.5. The van der Waals surface area contributed by atoms with Crippen LogP contribution in [0.2, 0.25) is 0 Å². The van der Waals surface area contributed by atoms with Crippen LogP contribution in [-0.4, -0.2) is 154 Å². The van der Waals surface area contributed by atoms with Gasteiger partial charge < -0.3 is 58.9 Å². The number of amides is 1. The van der Waals surface area contributed by atoms with Gasteiger partial charge in [0.25, 0.3) is 0 Å². The average Bonchev–Trinajstić information content (AvgIpc) is 3.36. The lowest BCUT2D eigenvalue weighted by molar-refractivity contribution is -0.205. The summed E-state index contributed by atoms with van der Waals surface area (Å²) in [5.74, 6) is 0.149. The summed E-state index contributed by atoms with van der Waals surface area (Å²) in [5, 5.41) is 42.0. The molecule has 6 unspecified atom stereocenters. The zero-order valence-electron chi connectivity index (χ0n) is 44.6. The van der Waals surface area contributed by atoms with Gasteiger partial charge in [-0.05, 0) is 64.2 Å². The van der Waals surface area contributed by atoms with Gasteiger partial charge in [-0.3, -0.25) is 4.79 Å². The number of aliphatic hydroxyl groups is 4. The van der Waals surface area contributed by atoms with Crippen molar-refractivity contribution in [1.82, 2.24) is 5.32 Å². The molecule has 0 radical (unpaired) electrons. The lowest BCUT2D eigenvalue weighted by Gasteiger charge is -2.39. The Morgan fingerprint density at radius 3 is 1.41 bits per heavy atom. The molecule has 6 atom stereocenters. The third kappa shape index (κ3) is 42.2. The SMILES string of the molecule is CCCCCCCCC=CCCCCCCCCOCC(COCCOCCOCCOCCNC(=O)CCSC1OC(CO)C(O)C(O)C1O)OCCCCCCCCC=CCCCCCCCC. The van der Waals surface area contributed by atoms with E-state index >= 15 is 0 Å². The second-order valence-corrected chi connectivity index (χ2v) is 20.2. The molecule has 1 amide bonds. The van der Waals surface area contributed by atoms with Gasteiger partial charge in [-0.2, -0.15) is 0 Å². The van der Waals surface area contributed by atoms with E-state index < -0.39 is 36.5 Å². The number of allylic oxidation sites excluding steroid dienone is 4. The summed E-state index contributed by atoms with van der Waals surface area (Å²) in [6, 6.07) is 0. The predicted octanol–water partition coefficient (Wildman–Crippen LogP) is 10.6. The molecule has 70 heavy (non-hydrogen) atoms. The Kier molecular flexibility index (Phi) is 50.4. The van der Waals surface area contributed by atoms with Gasteiger partial charge in [0.1, 0.15) is 36.0 Å². The molecule has 1 aliphatic heterocycles. The number of hydrogen-bond donors (Lipinski definition) is 5. The molecule has 1 aliphatic rings. The Labute approximate surface area is 431 Å². The number of thioether (sulfide) groups is 1. The van der Waals surface area contributed by atoms with Crippen molar-refractivity contribution >= 4 is 17.7 Å². The van der Waals surface area contributed by atoms with E-state index in [1.54, 1.807) is 0 Å². The fraction of sp³-hybridized carbons (Fsp3) is 0.911. The highest BCUT2D eigenvalue weighted by Crippen LogP contribution is 2.29. The molecule has 0 saturated carbocycles. The second-order valence-electron chi connectivity index (χ2n) is 19.0. The molecule has 0 aliphatic carbocycles. The smallest absolute Gasteiger partial charge is 0.220 e. The van der Waals surface area contributed by atoms with Gasteiger partial charge in [0, 0.05) is 31.9 Å². The van der Waals surface area contributed by atoms with Crippen LogP contribution >= 0.6 is 11.8 Å². The van der Waals surface area contributed by atoms with Crippen LogP contribution in [0, 0.1) is 0 Å². The van der Waals surface area contributed by atoms with Crippen LogP contribution in [0.3, 0.4) is 0 Å². The molecule has 414 valence electrons.